The molecule has 0 aliphatic rings. The zero-order valence-electron chi connectivity index (χ0n) is 10.7. The molecule has 8 nitrogen and oxygen atoms in total. The molecule has 0 radical (unpaired) electrons. The highest BCUT2D eigenvalue weighted by molar-refractivity contribution is 8.76. The fraction of sp³-hybridized carbons (Fsp3) is 0.200. The molecule has 0 saturated heterocycles. The number of aromatic nitrogens is 4. The maximum absolute atomic E-state index is 5.88. The molecule has 4 N–H and O–H groups in total. The Hall–Kier alpha value is -1.94. The topological polar surface area (TPSA) is 122 Å². The molecule has 2 rings (SSSR count). The zero-order chi connectivity index (χ0) is 14.5. The molecule has 10 heteroatoms. The van der Waals surface area contributed by atoms with Gasteiger partial charge in [0.25, 0.3) is 0 Å². The van der Waals surface area contributed by atoms with Gasteiger partial charge in [-0.1, -0.05) is 0 Å². The molecule has 0 amide bonds. The number of hydrogen-bond acceptors (Lipinski definition) is 10. The van der Waals surface area contributed by atoms with Crippen LogP contribution in [0, 0.1) is 0 Å². The first-order valence-corrected chi connectivity index (χ1v) is 7.45. The van der Waals surface area contributed by atoms with Crippen molar-refractivity contribution in [1.82, 2.24) is 19.9 Å². The summed E-state index contributed by atoms with van der Waals surface area (Å²) >= 11 is 0. The number of hydrogen-bond donors (Lipinski definition) is 2. The van der Waals surface area contributed by atoms with Crippen LogP contribution in [0.3, 0.4) is 0 Å². The second-order valence-corrected chi connectivity index (χ2v) is 5.48. The summed E-state index contributed by atoms with van der Waals surface area (Å²) in [4.78, 5) is 16.0. The Morgan fingerprint density at radius 2 is 1.20 bits per heavy atom. The van der Waals surface area contributed by atoms with Gasteiger partial charge in [-0.25, -0.2) is 9.97 Å². The maximum atomic E-state index is 5.88. The number of ether oxygens (including phenoxy) is 2. The Balaban J connectivity index is 2.17. The van der Waals surface area contributed by atoms with Crippen molar-refractivity contribution in [2.24, 2.45) is 0 Å². The number of rotatable bonds is 5. The average molecular weight is 312 g/mol. The fourth-order valence-corrected chi connectivity index (χ4v) is 3.23. The van der Waals surface area contributed by atoms with Gasteiger partial charge in [0.05, 0.1) is 14.2 Å². The SMILES string of the molecule is COc1ncnc(SSc2ncnc(OC)c2N)c1N. The third kappa shape index (κ3) is 2.96. The zero-order valence-corrected chi connectivity index (χ0v) is 12.4. The van der Waals surface area contributed by atoms with E-state index in [0.717, 1.165) is 0 Å². The van der Waals surface area contributed by atoms with Crippen molar-refractivity contribution in [3.05, 3.63) is 12.7 Å². The van der Waals surface area contributed by atoms with Gasteiger partial charge in [0, 0.05) is 0 Å². The molecule has 0 bridgehead atoms. The van der Waals surface area contributed by atoms with Crippen LogP contribution >= 0.6 is 21.6 Å². The van der Waals surface area contributed by atoms with Crippen LogP contribution in [0.5, 0.6) is 11.8 Å². The molecule has 0 saturated carbocycles. The van der Waals surface area contributed by atoms with Crippen molar-refractivity contribution < 1.29 is 9.47 Å². The van der Waals surface area contributed by atoms with E-state index in [1.54, 1.807) is 0 Å². The molecular formula is C10H12N6O2S2. The second-order valence-electron chi connectivity index (χ2n) is 3.37. The van der Waals surface area contributed by atoms with Crippen molar-refractivity contribution in [2.45, 2.75) is 10.1 Å². The van der Waals surface area contributed by atoms with Crippen LogP contribution in [0.4, 0.5) is 11.4 Å². The van der Waals surface area contributed by atoms with E-state index in [1.807, 2.05) is 0 Å². The van der Waals surface area contributed by atoms with Crippen LogP contribution in [-0.4, -0.2) is 34.2 Å². The third-order valence-corrected chi connectivity index (χ3v) is 4.45. The normalized spacial score (nSPS) is 10.3. The largest absolute Gasteiger partial charge is 0.479 e. The number of methoxy groups -OCH3 is 2. The van der Waals surface area contributed by atoms with Gasteiger partial charge in [0.15, 0.2) is 0 Å². The Morgan fingerprint density at radius 1 is 0.800 bits per heavy atom. The number of nitrogen functional groups attached to an aromatic ring is 2. The highest BCUT2D eigenvalue weighted by atomic mass is 33.1. The molecule has 106 valence electrons. The smallest absolute Gasteiger partial charge is 0.241 e. The monoisotopic (exact) mass is 312 g/mol. The highest BCUT2D eigenvalue weighted by Crippen LogP contribution is 2.42. The maximum Gasteiger partial charge on any atom is 0.241 e. The second kappa shape index (κ2) is 6.48. The van der Waals surface area contributed by atoms with Gasteiger partial charge in [-0.2, -0.15) is 9.97 Å². The van der Waals surface area contributed by atoms with Crippen molar-refractivity contribution in [3.8, 4) is 11.8 Å². The summed E-state index contributed by atoms with van der Waals surface area (Å²) < 4.78 is 10.1. The van der Waals surface area contributed by atoms with E-state index < -0.39 is 0 Å². The number of anilines is 2. The van der Waals surface area contributed by atoms with Crippen LogP contribution in [0.25, 0.3) is 0 Å². The quantitative estimate of drug-likeness (QED) is 0.616. The van der Waals surface area contributed by atoms with Crippen LogP contribution in [0.15, 0.2) is 22.7 Å². The molecule has 2 heterocycles. The Labute approximate surface area is 123 Å². The van der Waals surface area contributed by atoms with Gasteiger partial charge in [-0.3, -0.25) is 0 Å². The van der Waals surface area contributed by atoms with E-state index in [9.17, 15) is 0 Å². The van der Waals surface area contributed by atoms with E-state index in [-0.39, 0.29) is 0 Å². The summed E-state index contributed by atoms with van der Waals surface area (Å²) in [6.07, 6.45) is 2.75. The Morgan fingerprint density at radius 3 is 1.55 bits per heavy atom. The molecule has 20 heavy (non-hydrogen) atoms. The fourth-order valence-electron chi connectivity index (χ4n) is 1.27. The van der Waals surface area contributed by atoms with Crippen molar-refractivity contribution in [1.29, 1.82) is 0 Å². The minimum Gasteiger partial charge on any atom is -0.479 e. The number of nitrogens with zero attached hydrogens (tertiary/aromatic N) is 4. The first kappa shape index (κ1) is 14.5. The van der Waals surface area contributed by atoms with E-state index >= 15 is 0 Å². The van der Waals surface area contributed by atoms with Gasteiger partial charge in [-0.05, 0) is 21.6 Å². The van der Waals surface area contributed by atoms with Gasteiger partial charge < -0.3 is 20.9 Å². The first-order valence-electron chi connectivity index (χ1n) is 5.30. The van der Waals surface area contributed by atoms with Gasteiger partial charge in [-0.15, -0.1) is 0 Å². The molecule has 0 aliphatic carbocycles. The molecule has 0 atom stereocenters. The van der Waals surface area contributed by atoms with Crippen molar-refractivity contribution >= 4 is 33.0 Å². The van der Waals surface area contributed by atoms with Crippen molar-refractivity contribution in [2.75, 3.05) is 25.7 Å². The average Bonchev–Trinajstić information content (AvgIpc) is 2.47. The molecule has 2 aromatic rings. The van der Waals surface area contributed by atoms with Gasteiger partial charge in [0.1, 0.15) is 34.1 Å². The van der Waals surface area contributed by atoms with Gasteiger partial charge in [0.2, 0.25) is 11.8 Å². The minimum absolute atomic E-state index is 0.330. The Bertz CT molecular complexity index is 559. The molecule has 2 aromatic heterocycles. The summed E-state index contributed by atoms with van der Waals surface area (Å²) in [6, 6.07) is 0. The summed E-state index contributed by atoms with van der Waals surface area (Å²) in [6.45, 7) is 0. The van der Waals surface area contributed by atoms with Crippen molar-refractivity contribution in [3.63, 3.8) is 0 Å². The van der Waals surface area contributed by atoms with Crippen LogP contribution in [-0.2, 0) is 0 Å². The molecule has 0 spiro atoms. The number of nitrogens with two attached hydrogens (primary N) is 2. The summed E-state index contributed by atoms with van der Waals surface area (Å²) in [5.41, 5.74) is 12.5. The highest BCUT2D eigenvalue weighted by Gasteiger charge is 2.13. The molecule has 0 unspecified atom stereocenters. The van der Waals surface area contributed by atoms with Gasteiger partial charge >= 0.3 is 0 Å². The van der Waals surface area contributed by atoms with Crippen LogP contribution < -0.4 is 20.9 Å². The van der Waals surface area contributed by atoms with E-state index in [2.05, 4.69) is 19.9 Å². The van der Waals surface area contributed by atoms with E-state index in [0.29, 0.717) is 33.2 Å². The summed E-state index contributed by atoms with van der Waals surface area (Å²) in [7, 11) is 5.58. The van der Waals surface area contributed by atoms with E-state index in [4.69, 9.17) is 20.9 Å². The lowest BCUT2D eigenvalue weighted by atomic mass is 10.5. The van der Waals surface area contributed by atoms with E-state index in [1.165, 1.54) is 48.5 Å². The lowest BCUT2D eigenvalue weighted by Gasteiger charge is -2.08. The lowest BCUT2D eigenvalue weighted by Crippen LogP contribution is -2.00. The predicted octanol–water partition coefficient (Wildman–Crippen LogP) is 1.25. The molecule has 0 aromatic carbocycles. The molecule has 0 aliphatic heterocycles. The standard InChI is InChI=1S/C10H12N6O2S2/c1-17-7-5(11)9(15-3-13-7)19-20-10-6(12)8(18-2)14-4-16-10/h3-4H,11-12H2,1-2H3. The van der Waals surface area contributed by atoms with Crippen LogP contribution in [0.2, 0.25) is 0 Å². The predicted molar refractivity (Wildman–Crippen MR) is 77.7 cm³/mol. The summed E-state index contributed by atoms with van der Waals surface area (Å²) in [5, 5.41) is 1.14. The molecule has 0 fully saturated rings. The lowest BCUT2D eigenvalue weighted by molar-refractivity contribution is 0.397. The minimum atomic E-state index is 0.330. The molecular weight excluding hydrogens is 300 g/mol. The Kier molecular flexibility index (Phi) is 4.69. The third-order valence-electron chi connectivity index (χ3n) is 2.21. The first-order chi connectivity index (χ1) is 9.67. The van der Waals surface area contributed by atoms with Crippen LogP contribution in [0.1, 0.15) is 0 Å². The summed E-state index contributed by atoms with van der Waals surface area (Å²) in [5.74, 6) is 0.660.